The van der Waals surface area contributed by atoms with Gasteiger partial charge in [-0.3, -0.25) is 4.79 Å². The van der Waals surface area contributed by atoms with E-state index >= 15 is 0 Å². The Morgan fingerprint density at radius 3 is 3.00 bits per heavy atom. The Balaban J connectivity index is 2.04. The second kappa shape index (κ2) is 6.02. The molecule has 0 saturated carbocycles. The highest BCUT2D eigenvalue weighted by Gasteiger charge is 2.27. The lowest BCUT2D eigenvalue weighted by Crippen LogP contribution is -2.38. The molecule has 1 atom stereocenters. The predicted molar refractivity (Wildman–Crippen MR) is 68.5 cm³/mol. The molecule has 0 radical (unpaired) electrons. The average molecular weight is 267 g/mol. The summed E-state index contributed by atoms with van der Waals surface area (Å²) in [6, 6.07) is 4.44. The second-order valence-corrected chi connectivity index (χ2v) is 4.71. The number of rotatable bonds is 4. The minimum Gasteiger partial charge on any atom is -0.494 e. The highest BCUT2D eigenvalue weighted by Crippen LogP contribution is 2.21. The third-order valence-electron chi connectivity index (χ3n) is 3.48. The number of hydrogen-bond donors (Lipinski definition) is 1. The number of halogens is 1. The number of hydrogen-bond acceptors (Lipinski definition) is 3. The quantitative estimate of drug-likeness (QED) is 0.896. The number of ether oxygens (including phenoxy) is 1. The Hall–Kier alpha value is -1.62. The summed E-state index contributed by atoms with van der Waals surface area (Å²) in [7, 11) is 1.40. The van der Waals surface area contributed by atoms with E-state index in [9.17, 15) is 14.3 Å². The van der Waals surface area contributed by atoms with Crippen molar-refractivity contribution in [3.63, 3.8) is 0 Å². The van der Waals surface area contributed by atoms with Crippen molar-refractivity contribution in [3.8, 4) is 5.75 Å². The molecule has 1 N–H and O–H groups in total. The van der Waals surface area contributed by atoms with Crippen LogP contribution in [-0.4, -0.2) is 42.2 Å². The van der Waals surface area contributed by atoms with E-state index in [4.69, 9.17) is 4.74 Å². The molecular weight excluding hydrogens is 249 g/mol. The second-order valence-electron chi connectivity index (χ2n) is 4.71. The van der Waals surface area contributed by atoms with Gasteiger partial charge in [0.2, 0.25) is 5.91 Å². The Labute approximate surface area is 111 Å². The van der Waals surface area contributed by atoms with Crippen molar-refractivity contribution >= 4 is 5.91 Å². The van der Waals surface area contributed by atoms with Crippen LogP contribution in [0, 0.1) is 5.82 Å². The van der Waals surface area contributed by atoms with Crippen molar-refractivity contribution < 1.29 is 19.0 Å². The molecule has 0 bridgehead atoms. The van der Waals surface area contributed by atoms with Gasteiger partial charge in [-0.05, 0) is 30.5 Å². The van der Waals surface area contributed by atoms with Gasteiger partial charge in [-0.2, -0.15) is 0 Å². The maximum absolute atomic E-state index is 13.5. The van der Waals surface area contributed by atoms with Gasteiger partial charge in [-0.1, -0.05) is 6.07 Å². The van der Waals surface area contributed by atoms with Crippen LogP contribution >= 0.6 is 0 Å². The van der Waals surface area contributed by atoms with Gasteiger partial charge in [0, 0.05) is 6.54 Å². The monoisotopic (exact) mass is 267 g/mol. The summed E-state index contributed by atoms with van der Waals surface area (Å²) < 4.78 is 18.4. The molecule has 1 aromatic rings. The maximum Gasteiger partial charge on any atom is 0.227 e. The molecule has 1 aliphatic rings. The first-order valence-corrected chi connectivity index (χ1v) is 6.38. The molecule has 5 heteroatoms. The number of amides is 1. The molecule has 2 rings (SSSR count). The first-order chi connectivity index (χ1) is 9.15. The molecule has 0 aromatic heterocycles. The van der Waals surface area contributed by atoms with E-state index in [1.807, 2.05) is 0 Å². The van der Waals surface area contributed by atoms with Crippen molar-refractivity contribution in [1.29, 1.82) is 0 Å². The van der Waals surface area contributed by atoms with Crippen LogP contribution in [0.2, 0.25) is 0 Å². The van der Waals surface area contributed by atoms with Gasteiger partial charge in [0.1, 0.15) is 0 Å². The van der Waals surface area contributed by atoms with Crippen LogP contribution in [0.1, 0.15) is 18.4 Å². The zero-order valence-corrected chi connectivity index (χ0v) is 10.9. The Morgan fingerprint density at radius 1 is 1.58 bits per heavy atom. The van der Waals surface area contributed by atoms with Gasteiger partial charge < -0.3 is 14.7 Å². The summed E-state index contributed by atoms with van der Waals surface area (Å²) in [4.78, 5) is 13.8. The fourth-order valence-electron chi connectivity index (χ4n) is 2.45. The van der Waals surface area contributed by atoms with Gasteiger partial charge >= 0.3 is 0 Å². The van der Waals surface area contributed by atoms with Gasteiger partial charge in [0.25, 0.3) is 0 Å². The standard InChI is InChI=1S/C14H18FNO3/c1-19-13-5-4-10(7-12(13)15)8-14(18)16-6-2-3-11(16)9-17/h4-5,7,11,17H,2-3,6,8-9H2,1H3/t11-/m0/s1. The zero-order chi connectivity index (χ0) is 13.8. The van der Waals surface area contributed by atoms with Gasteiger partial charge in [-0.15, -0.1) is 0 Å². The van der Waals surface area contributed by atoms with Crippen LogP contribution in [0.3, 0.4) is 0 Å². The molecule has 1 amide bonds. The van der Waals surface area contributed by atoms with Crippen LogP contribution in [0.15, 0.2) is 18.2 Å². The Morgan fingerprint density at radius 2 is 2.37 bits per heavy atom. The highest BCUT2D eigenvalue weighted by molar-refractivity contribution is 5.79. The molecule has 1 aromatic carbocycles. The summed E-state index contributed by atoms with van der Waals surface area (Å²) in [6.45, 7) is 0.658. The number of carbonyl (C=O) groups excluding carboxylic acids is 1. The molecular formula is C14H18FNO3. The summed E-state index contributed by atoms with van der Waals surface area (Å²) in [6.07, 6.45) is 1.89. The normalized spacial score (nSPS) is 18.7. The summed E-state index contributed by atoms with van der Waals surface area (Å²) >= 11 is 0. The van der Waals surface area contributed by atoms with E-state index < -0.39 is 5.82 Å². The maximum atomic E-state index is 13.5. The van der Waals surface area contributed by atoms with Crippen molar-refractivity contribution in [3.05, 3.63) is 29.6 Å². The first kappa shape index (κ1) is 13.8. The number of methoxy groups -OCH3 is 1. The fourth-order valence-corrected chi connectivity index (χ4v) is 2.45. The van der Waals surface area contributed by atoms with E-state index in [2.05, 4.69) is 0 Å². The molecule has 1 heterocycles. The number of aliphatic hydroxyl groups is 1. The average Bonchev–Trinajstić information content (AvgIpc) is 2.87. The lowest BCUT2D eigenvalue weighted by molar-refractivity contribution is -0.131. The molecule has 1 fully saturated rings. The molecule has 104 valence electrons. The van der Waals surface area contributed by atoms with Crippen molar-refractivity contribution in [2.75, 3.05) is 20.3 Å². The summed E-state index contributed by atoms with van der Waals surface area (Å²) in [5.41, 5.74) is 0.617. The molecule has 0 aliphatic carbocycles. The smallest absolute Gasteiger partial charge is 0.227 e. The zero-order valence-electron chi connectivity index (χ0n) is 10.9. The number of carbonyl (C=O) groups is 1. The van der Waals surface area contributed by atoms with Gasteiger partial charge in [0.05, 0.1) is 26.2 Å². The summed E-state index contributed by atoms with van der Waals surface area (Å²) in [5.74, 6) is -0.361. The largest absolute Gasteiger partial charge is 0.494 e. The van der Waals surface area contributed by atoms with Crippen LogP contribution in [0.4, 0.5) is 4.39 Å². The first-order valence-electron chi connectivity index (χ1n) is 6.38. The van der Waals surface area contributed by atoms with Crippen LogP contribution in [0.25, 0.3) is 0 Å². The molecule has 0 spiro atoms. The Kier molecular flexibility index (Phi) is 4.37. The highest BCUT2D eigenvalue weighted by atomic mass is 19.1. The van der Waals surface area contributed by atoms with E-state index in [-0.39, 0.29) is 30.7 Å². The van der Waals surface area contributed by atoms with E-state index in [0.717, 1.165) is 12.8 Å². The fraction of sp³-hybridized carbons (Fsp3) is 0.500. The van der Waals surface area contributed by atoms with Crippen LogP contribution in [-0.2, 0) is 11.2 Å². The third-order valence-corrected chi connectivity index (χ3v) is 3.48. The number of benzene rings is 1. The van der Waals surface area contributed by atoms with Crippen LogP contribution in [0.5, 0.6) is 5.75 Å². The van der Waals surface area contributed by atoms with Gasteiger partial charge in [0.15, 0.2) is 11.6 Å². The van der Waals surface area contributed by atoms with E-state index in [1.54, 1.807) is 11.0 Å². The SMILES string of the molecule is COc1ccc(CC(=O)N2CCC[C@H]2CO)cc1F. The third kappa shape index (κ3) is 3.04. The van der Waals surface area contributed by atoms with Crippen molar-refractivity contribution in [1.82, 2.24) is 4.90 Å². The topological polar surface area (TPSA) is 49.8 Å². The number of nitrogens with zero attached hydrogens (tertiary/aromatic N) is 1. The van der Waals surface area contributed by atoms with Crippen LogP contribution < -0.4 is 4.74 Å². The van der Waals surface area contributed by atoms with Crippen molar-refractivity contribution in [2.24, 2.45) is 0 Å². The molecule has 1 aliphatic heterocycles. The lowest BCUT2D eigenvalue weighted by Gasteiger charge is -2.23. The molecule has 1 saturated heterocycles. The molecule has 4 nitrogen and oxygen atoms in total. The van der Waals surface area contributed by atoms with E-state index in [0.29, 0.717) is 12.1 Å². The predicted octanol–water partition coefficient (Wildman–Crippen LogP) is 1.36. The number of aliphatic hydroxyl groups excluding tert-OH is 1. The Bertz CT molecular complexity index is 464. The lowest BCUT2D eigenvalue weighted by atomic mass is 10.1. The molecule has 0 unspecified atom stereocenters. The minimum atomic E-state index is -0.465. The minimum absolute atomic E-state index is 0.0112. The van der Waals surface area contributed by atoms with E-state index in [1.165, 1.54) is 19.2 Å². The van der Waals surface area contributed by atoms with Gasteiger partial charge in [-0.25, -0.2) is 4.39 Å². The molecule has 19 heavy (non-hydrogen) atoms. The summed E-state index contributed by atoms with van der Waals surface area (Å²) in [5, 5.41) is 9.19. The number of likely N-dealkylation sites (tertiary alicyclic amines) is 1. The van der Waals surface area contributed by atoms with Crippen molar-refractivity contribution in [2.45, 2.75) is 25.3 Å².